The average Bonchev–Trinajstić information content (AvgIpc) is 2.38. The van der Waals surface area contributed by atoms with Crippen molar-refractivity contribution in [3.05, 3.63) is 28.8 Å². The summed E-state index contributed by atoms with van der Waals surface area (Å²) in [7, 11) is 1.91. The number of benzene rings is 1. The van der Waals surface area contributed by atoms with E-state index >= 15 is 0 Å². The molecule has 0 aromatic heterocycles. The molecule has 0 heterocycles. The molecule has 1 aliphatic carbocycles. The third-order valence-electron chi connectivity index (χ3n) is 3.72. The summed E-state index contributed by atoms with van der Waals surface area (Å²) in [6, 6.07) is 5.48. The van der Waals surface area contributed by atoms with Crippen molar-refractivity contribution in [2.45, 2.75) is 37.8 Å². The molecule has 3 nitrogen and oxygen atoms in total. The van der Waals surface area contributed by atoms with E-state index in [2.05, 4.69) is 0 Å². The zero-order chi connectivity index (χ0) is 13.1. The van der Waals surface area contributed by atoms with E-state index in [4.69, 9.17) is 11.6 Å². The van der Waals surface area contributed by atoms with E-state index in [0.717, 1.165) is 37.7 Å². The van der Waals surface area contributed by atoms with Gasteiger partial charge in [0.25, 0.3) is 0 Å². The standard InChI is InChI=1S/C14H18ClNO2/c1-16(13-6-2-3-8-14(13)18)12-7-4-5-11(15)10(12)9-17/h4-5,7,9,13-14,18H,2-3,6,8H2,1H3. The third-order valence-corrected chi connectivity index (χ3v) is 4.05. The van der Waals surface area contributed by atoms with Crippen molar-refractivity contribution in [2.75, 3.05) is 11.9 Å². The summed E-state index contributed by atoms with van der Waals surface area (Å²) in [5.74, 6) is 0. The summed E-state index contributed by atoms with van der Waals surface area (Å²) >= 11 is 6.03. The Morgan fingerprint density at radius 3 is 2.78 bits per heavy atom. The van der Waals surface area contributed by atoms with Gasteiger partial charge in [-0.1, -0.05) is 30.5 Å². The van der Waals surface area contributed by atoms with Gasteiger partial charge in [0.2, 0.25) is 0 Å². The van der Waals surface area contributed by atoms with Crippen molar-refractivity contribution in [1.82, 2.24) is 0 Å². The van der Waals surface area contributed by atoms with E-state index in [1.54, 1.807) is 6.07 Å². The zero-order valence-electron chi connectivity index (χ0n) is 10.5. The monoisotopic (exact) mass is 267 g/mol. The van der Waals surface area contributed by atoms with Crippen LogP contribution in [-0.2, 0) is 0 Å². The van der Waals surface area contributed by atoms with Crippen LogP contribution in [0.15, 0.2) is 18.2 Å². The fraction of sp³-hybridized carbons (Fsp3) is 0.500. The van der Waals surface area contributed by atoms with Crippen LogP contribution in [-0.4, -0.2) is 30.6 Å². The van der Waals surface area contributed by atoms with Crippen molar-refractivity contribution >= 4 is 23.6 Å². The average molecular weight is 268 g/mol. The molecule has 1 aliphatic rings. The van der Waals surface area contributed by atoms with Gasteiger partial charge >= 0.3 is 0 Å². The van der Waals surface area contributed by atoms with Gasteiger partial charge < -0.3 is 10.0 Å². The third kappa shape index (κ3) is 2.52. The van der Waals surface area contributed by atoms with Gasteiger partial charge in [0.1, 0.15) is 0 Å². The number of carbonyl (C=O) groups is 1. The second-order valence-electron chi connectivity index (χ2n) is 4.82. The Balaban J connectivity index is 2.30. The molecule has 1 saturated carbocycles. The lowest BCUT2D eigenvalue weighted by Crippen LogP contribution is -2.43. The predicted molar refractivity (Wildman–Crippen MR) is 73.5 cm³/mol. The number of anilines is 1. The number of likely N-dealkylation sites (N-methyl/N-ethyl adjacent to an activating group) is 1. The van der Waals surface area contributed by atoms with E-state index in [1.807, 2.05) is 24.1 Å². The molecule has 1 fully saturated rings. The lowest BCUT2D eigenvalue weighted by molar-refractivity contribution is 0.105. The van der Waals surface area contributed by atoms with Crippen LogP contribution in [0.3, 0.4) is 0 Å². The van der Waals surface area contributed by atoms with Crippen molar-refractivity contribution in [3.63, 3.8) is 0 Å². The number of aliphatic hydroxyl groups excluding tert-OH is 1. The maximum atomic E-state index is 11.1. The zero-order valence-corrected chi connectivity index (χ0v) is 11.2. The van der Waals surface area contributed by atoms with Crippen molar-refractivity contribution in [1.29, 1.82) is 0 Å². The van der Waals surface area contributed by atoms with Gasteiger partial charge in [-0.25, -0.2) is 0 Å². The molecule has 4 heteroatoms. The van der Waals surface area contributed by atoms with Crippen LogP contribution in [0.1, 0.15) is 36.0 Å². The van der Waals surface area contributed by atoms with Crippen molar-refractivity contribution in [2.24, 2.45) is 0 Å². The highest BCUT2D eigenvalue weighted by molar-refractivity contribution is 6.33. The normalized spacial score (nSPS) is 23.7. The van der Waals surface area contributed by atoms with Gasteiger partial charge in [-0.15, -0.1) is 0 Å². The molecule has 1 aromatic rings. The van der Waals surface area contributed by atoms with Crippen LogP contribution in [0.2, 0.25) is 5.02 Å². The minimum atomic E-state index is -0.331. The lowest BCUT2D eigenvalue weighted by atomic mass is 9.91. The summed E-state index contributed by atoms with van der Waals surface area (Å²) in [6.07, 6.45) is 4.41. The van der Waals surface area contributed by atoms with Gasteiger partial charge in [-0.2, -0.15) is 0 Å². The number of hydrogen-bond donors (Lipinski definition) is 1. The molecule has 1 N–H and O–H groups in total. The molecule has 0 bridgehead atoms. The Kier molecular flexibility index (Phi) is 4.25. The van der Waals surface area contributed by atoms with E-state index in [-0.39, 0.29) is 12.1 Å². The first-order valence-electron chi connectivity index (χ1n) is 6.29. The Bertz CT molecular complexity index is 436. The molecule has 98 valence electrons. The van der Waals surface area contributed by atoms with E-state index in [1.165, 1.54) is 0 Å². The largest absolute Gasteiger partial charge is 0.391 e. The van der Waals surface area contributed by atoms with Gasteiger partial charge in [0.15, 0.2) is 6.29 Å². The van der Waals surface area contributed by atoms with E-state index < -0.39 is 0 Å². The number of carbonyl (C=O) groups excluding carboxylic acids is 1. The van der Waals surface area contributed by atoms with Gasteiger partial charge in [-0.3, -0.25) is 4.79 Å². The molecule has 0 saturated heterocycles. The summed E-state index contributed by atoms with van der Waals surface area (Å²) < 4.78 is 0. The van der Waals surface area contributed by atoms with Gasteiger partial charge in [-0.05, 0) is 25.0 Å². The highest BCUT2D eigenvalue weighted by Gasteiger charge is 2.28. The van der Waals surface area contributed by atoms with Crippen LogP contribution < -0.4 is 4.90 Å². The number of hydrogen-bond acceptors (Lipinski definition) is 3. The fourth-order valence-corrected chi connectivity index (χ4v) is 2.89. The van der Waals surface area contributed by atoms with Crippen LogP contribution in [0.25, 0.3) is 0 Å². The second-order valence-corrected chi connectivity index (χ2v) is 5.23. The molecule has 1 aromatic carbocycles. The summed E-state index contributed by atoms with van der Waals surface area (Å²) in [6.45, 7) is 0. The first kappa shape index (κ1) is 13.4. The predicted octanol–water partition coefficient (Wildman–Crippen LogP) is 2.89. The number of halogens is 1. The maximum absolute atomic E-state index is 11.1. The van der Waals surface area contributed by atoms with Gasteiger partial charge in [0, 0.05) is 12.7 Å². The van der Waals surface area contributed by atoms with Gasteiger partial charge in [0.05, 0.1) is 22.7 Å². The number of rotatable bonds is 3. The molecule has 2 unspecified atom stereocenters. The van der Waals surface area contributed by atoms with Crippen LogP contribution >= 0.6 is 11.6 Å². The molecule has 0 spiro atoms. The SMILES string of the molecule is CN(c1cccc(Cl)c1C=O)C1CCCCC1O. The Morgan fingerprint density at radius 1 is 1.39 bits per heavy atom. The fourth-order valence-electron chi connectivity index (χ4n) is 2.67. The summed E-state index contributed by atoms with van der Waals surface area (Å²) in [4.78, 5) is 13.1. The van der Waals surface area contributed by atoms with E-state index in [0.29, 0.717) is 10.6 Å². The number of aliphatic hydroxyl groups is 1. The molecule has 0 aliphatic heterocycles. The molecule has 2 rings (SSSR count). The number of nitrogens with zero attached hydrogens (tertiary/aromatic N) is 1. The molecule has 18 heavy (non-hydrogen) atoms. The Labute approximate surface area is 112 Å². The Hall–Kier alpha value is -1.06. The maximum Gasteiger partial charge on any atom is 0.153 e. The first-order valence-corrected chi connectivity index (χ1v) is 6.67. The first-order chi connectivity index (χ1) is 8.65. The van der Waals surface area contributed by atoms with Crippen LogP contribution in [0, 0.1) is 0 Å². The second kappa shape index (κ2) is 5.72. The molecule has 2 atom stereocenters. The minimum absolute atomic E-state index is 0.0657. The van der Waals surface area contributed by atoms with Crippen LogP contribution in [0.4, 0.5) is 5.69 Å². The van der Waals surface area contributed by atoms with Crippen molar-refractivity contribution < 1.29 is 9.90 Å². The highest BCUT2D eigenvalue weighted by atomic mass is 35.5. The van der Waals surface area contributed by atoms with E-state index in [9.17, 15) is 9.90 Å². The summed E-state index contributed by atoms with van der Waals surface area (Å²) in [5, 5.41) is 10.5. The number of aldehydes is 1. The van der Waals surface area contributed by atoms with Crippen molar-refractivity contribution in [3.8, 4) is 0 Å². The van der Waals surface area contributed by atoms with Crippen LogP contribution in [0.5, 0.6) is 0 Å². The molecular formula is C14H18ClNO2. The molecule has 0 radical (unpaired) electrons. The summed E-state index contributed by atoms with van der Waals surface area (Å²) in [5.41, 5.74) is 1.29. The Morgan fingerprint density at radius 2 is 2.11 bits per heavy atom. The quantitative estimate of drug-likeness (QED) is 0.856. The topological polar surface area (TPSA) is 40.5 Å². The smallest absolute Gasteiger partial charge is 0.153 e. The highest BCUT2D eigenvalue weighted by Crippen LogP contribution is 2.31. The molecular weight excluding hydrogens is 250 g/mol. The lowest BCUT2D eigenvalue weighted by Gasteiger charge is -2.37. The minimum Gasteiger partial charge on any atom is -0.391 e. The molecule has 0 amide bonds.